The van der Waals surface area contributed by atoms with Crippen molar-refractivity contribution in [3.05, 3.63) is 108 Å². The van der Waals surface area contributed by atoms with Gasteiger partial charge in [-0.3, -0.25) is 0 Å². The maximum absolute atomic E-state index is 4.20. The molecule has 1 aliphatic rings. The van der Waals surface area contributed by atoms with Gasteiger partial charge >= 0.3 is 0 Å². The fourth-order valence-corrected chi connectivity index (χ4v) is 5.57. The molecule has 1 aliphatic heterocycles. The molecule has 0 saturated carbocycles. The standard InChI is InChI=1S/C32H35N2/c1-7-30-23(6)26-15-11-12-16-27(26)32-33(30)17-18-34(32)31-28(21(2)3)19-25(20-29(31)22(4)5)24-13-9-8-10-14-24/h7-23,30H,1H2,2-6H3/q+1. The Morgan fingerprint density at radius 3 is 2.09 bits per heavy atom. The SMILES string of the molecule is C=CC1C(C)c2ccccc2-c2n(-c3c(C(C)C)cc(-c4ccccc4)cc3C(C)C)cc[n+]21. The van der Waals surface area contributed by atoms with Crippen LogP contribution >= 0.6 is 0 Å². The molecule has 0 saturated heterocycles. The molecule has 2 unspecified atom stereocenters. The van der Waals surface area contributed by atoms with Gasteiger partial charge in [0.2, 0.25) is 0 Å². The van der Waals surface area contributed by atoms with Gasteiger partial charge in [-0.2, -0.15) is 4.57 Å². The molecule has 0 spiro atoms. The number of aromatic nitrogens is 2. The smallest absolute Gasteiger partial charge is 0.223 e. The first kappa shape index (κ1) is 22.4. The molecule has 0 amide bonds. The summed E-state index contributed by atoms with van der Waals surface area (Å²) < 4.78 is 4.86. The fourth-order valence-electron chi connectivity index (χ4n) is 5.57. The Hall–Kier alpha value is -3.39. The van der Waals surface area contributed by atoms with Crippen LogP contribution in [0.3, 0.4) is 0 Å². The van der Waals surface area contributed by atoms with E-state index in [0.717, 1.165) is 0 Å². The van der Waals surface area contributed by atoms with Gasteiger partial charge in [0, 0.05) is 17.0 Å². The van der Waals surface area contributed by atoms with Crippen molar-refractivity contribution in [2.75, 3.05) is 0 Å². The second-order valence-corrected chi connectivity index (χ2v) is 10.2. The minimum Gasteiger partial charge on any atom is -0.223 e. The van der Waals surface area contributed by atoms with Gasteiger partial charge in [0.25, 0.3) is 5.82 Å². The van der Waals surface area contributed by atoms with E-state index in [4.69, 9.17) is 0 Å². The van der Waals surface area contributed by atoms with Crippen LogP contribution in [0.25, 0.3) is 28.2 Å². The molecule has 0 N–H and O–H groups in total. The molecule has 0 bridgehead atoms. The first-order chi connectivity index (χ1) is 16.4. The molecule has 2 heteroatoms. The first-order valence-corrected chi connectivity index (χ1v) is 12.5. The van der Waals surface area contributed by atoms with E-state index in [1.54, 1.807) is 0 Å². The Labute approximate surface area is 204 Å². The van der Waals surface area contributed by atoms with Crippen molar-refractivity contribution in [1.29, 1.82) is 0 Å². The predicted octanol–water partition coefficient (Wildman–Crippen LogP) is 8.19. The van der Waals surface area contributed by atoms with E-state index in [0.29, 0.717) is 17.8 Å². The maximum Gasteiger partial charge on any atom is 0.294 e. The van der Waals surface area contributed by atoms with Crippen molar-refractivity contribution in [1.82, 2.24) is 4.57 Å². The lowest BCUT2D eigenvalue weighted by atomic mass is 9.85. The summed E-state index contributed by atoms with van der Waals surface area (Å²) in [6.07, 6.45) is 6.60. The van der Waals surface area contributed by atoms with Crippen LogP contribution in [-0.2, 0) is 0 Å². The van der Waals surface area contributed by atoms with Crippen LogP contribution in [0, 0.1) is 0 Å². The van der Waals surface area contributed by atoms with Gasteiger partial charge in [-0.1, -0.05) is 89.7 Å². The first-order valence-electron chi connectivity index (χ1n) is 12.5. The number of rotatable bonds is 5. The lowest BCUT2D eigenvalue weighted by molar-refractivity contribution is -0.705. The van der Waals surface area contributed by atoms with Gasteiger partial charge in [-0.25, -0.2) is 4.57 Å². The summed E-state index contributed by atoms with van der Waals surface area (Å²) >= 11 is 0. The van der Waals surface area contributed by atoms with Crippen LogP contribution in [0.5, 0.6) is 0 Å². The molecular formula is C32H35N2+. The molecule has 0 radical (unpaired) electrons. The summed E-state index contributed by atoms with van der Waals surface area (Å²) in [5.74, 6) is 2.42. The van der Waals surface area contributed by atoms with Crippen LogP contribution in [0.2, 0.25) is 0 Å². The normalized spacial score (nSPS) is 17.0. The largest absolute Gasteiger partial charge is 0.294 e. The van der Waals surface area contributed by atoms with E-state index in [1.807, 2.05) is 0 Å². The molecule has 2 heterocycles. The van der Waals surface area contributed by atoms with E-state index in [1.165, 1.54) is 44.9 Å². The number of hydrogen-bond acceptors (Lipinski definition) is 0. The zero-order chi connectivity index (χ0) is 24.0. The summed E-state index contributed by atoms with van der Waals surface area (Å²) in [4.78, 5) is 0. The van der Waals surface area contributed by atoms with Crippen LogP contribution < -0.4 is 4.57 Å². The average Bonchev–Trinajstić information content (AvgIpc) is 3.28. The van der Waals surface area contributed by atoms with E-state index >= 15 is 0 Å². The third-order valence-electron chi connectivity index (χ3n) is 7.38. The van der Waals surface area contributed by atoms with Crippen LogP contribution in [0.15, 0.2) is 91.8 Å². The molecule has 4 aromatic rings. The maximum atomic E-state index is 4.20. The fraction of sp³-hybridized carbons (Fsp3) is 0.281. The minimum atomic E-state index is 0.236. The van der Waals surface area contributed by atoms with Crippen molar-refractivity contribution in [3.63, 3.8) is 0 Å². The molecule has 1 aromatic heterocycles. The van der Waals surface area contributed by atoms with Crippen molar-refractivity contribution in [2.45, 2.75) is 58.4 Å². The predicted molar refractivity (Wildman–Crippen MR) is 143 cm³/mol. The molecule has 3 aromatic carbocycles. The number of nitrogens with zero attached hydrogens (tertiary/aromatic N) is 2. The third kappa shape index (κ3) is 3.53. The zero-order valence-corrected chi connectivity index (χ0v) is 21.0. The van der Waals surface area contributed by atoms with E-state index in [9.17, 15) is 0 Å². The summed E-state index contributed by atoms with van der Waals surface area (Å²) in [7, 11) is 0. The summed E-state index contributed by atoms with van der Waals surface area (Å²) in [5, 5.41) is 0. The quantitative estimate of drug-likeness (QED) is 0.215. The summed E-state index contributed by atoms with van der Waals surface area (Å²) in [6, 6.07) is 24.7. The third-order valence-corrected chi connectivity index (χ3v) is 7.38. The molecule has 5 rings (SSSR count). The van der Waals surface area contributed by atoms with Crippen molar-refractivity contribution in [2.24, 2.45) is 0 Å². The molecule has 172 valence electrons. The van der Waals surface area contributed by atoms with E-state index in [2.05, 4.69) is 136 Å². The molecule has 0 aliphatic carbocycles. The minimum absolute atomic E-state index is 0.236. The van der Waals surface area contributed by atoms with Gasteiger partial charge in [0.15, 0.2) is 0 Å². The van der Waals surface area contributed by atoms with Crippen LogP contribution in [0.1, 0.15) is 75.1 Å². The summed E-state index contributed by atoms with van der Waals surface area (Å²) in [6.45, 7) is 15.7. The molecule has 2 atom stereocenters. The van der Waals surface area contributed by atoms with Crippen LogP contribution in [0.4, 0.5) is 0 Å². The monoisotopic (exact) mass is 447 g/mol. The molecular weight excluding hydrogens is 412 g/mol. The van der Waals surface area contributed by atoms with Gasteiger partial charge < -0.3 is 0 Å². The Kier molecular flexibility index (Phi) is 5.77. The lowest BCUT2D eigenvalue weighted by Gasteiger charge is -2.27. The van der Waals surface area contributed by atoms with Gasteiger partial charge in [0.1, 0.15) is 24.1 Å². The number of hydrogen-bond donors (Lipinski definition) is 0. The average molecular weight is 448 g/mol. The van der Waals surface area contributed by atoms with E-state index < -0.39 is 0 Å². The molecule has 2 nitrogen and oxygen atoms in total. The van der Waals surface area contributed by atoms with Gasteiger partial charge in [0.05, 0.1) is 5.56 Å². The highest BCUT2D eigenvalue weighted by atomic mass is 15.2. The number of benzene rings is 3. The number of imidazole rings is 1. The highest BCUT2D eigenvalue weighted by Crippen LogP contribution is 2.42. The second-order valence-electron chi connectivity index (χ2n) is 10.2. The second kappa shape index (κ2) is 8.76. The Morgan fingerprint density at radius 2 is 1.47 bits per heavy atom. The topological polar surface area (TPSA) is 8.81 Å². The molecule has 0 fully saturated rings. The highest BCUT2D eigenvalue weighted by molar-refractivity contribution is 5.72. The lowest BCUT2D eigenvalue weighted by Crippen LogP contribution is -2.45. The molecule has 34 heavy (non-hydrogen) atoms. The summed E-state index contributed by atoms with van der Waals surface area (Å²) in [5.41, 5.74) is 9.37. The van der Waals surface area contributed by atoms with Crippen molar-refractivity contribution < 1.29 is 4.57 Å². The van der Waals surface area contributed by atoms with Crippen molar-refractivity contribution >= 4 is 0 Å². The number of allylic oxidation sites excluding steroid dienone is 1. The Morgan fingerprint density at radius 1 is 0.853 bits per heavy atom. The van der Waals surface area contributed by atoms with Gasteiger partial charge in [-0.15, -0.1) is 0 Å². The van der Waals surface area contributed by atoms with Crippen molar-refractivity contribution in [3.8, 4) is 28.2 Å². The van der Waals surface area contributed by atoms with Crippen LogP contribution in [-0.4, -0.2) is 4.57 Å². The van der Waals surface area contributed by atoms with E-state index in [-0.39, 0.29) is 6.04 Å². The van der Waals surface area contributed by atoms with Gasteiger partial charge in [-0.05, 0) is 52.8 Å². The Balaban J connectivity index is 1.82. The number of fused-ring (bicyclic) bond motifs is 3. The highest BCUT2D eigenvalue weighted by Gasteiger charge is 2.38. The zero-order valence-electron chi connectivity index (χ0n) is 21.0. The Bertz CT molecular complexity index is 1310.